The molecule has 0 unspecified atom stereocenters. The van der Waals surface area contributed by atoms with Crippen LogP contribution >= 0.6 is 0 Å². The van der Waals surface area contributed by atoms with Gasteiger partial charge in [0.15, 0.2) is 0 Å². The standard InChI is InChI=1S/C29H28N2O2S/c30-34(32,33)26-15-11-22(12-16-26)6-5-19-31-20-17-25(18-21-31)29-27-9-3-1-7-23(27)13-14-24-8-2-4-10-28(24)29/h1-16H,17-21H2,(H2,30,32,33)/b6-5-. The number of primary sulfonamides is 1. The van der Waals surface area contributed by atoms with Crippen molar-refractivity contribution < 1.29 is 8.42 Å². The Balaban J connectivity index is 1.31. The lowest BCUT2D eigenvalue weighted by atomic mass is 9.86. The number of nitrogens with zero attached hydrogens (tertiary/aromatic N) is 1. The van der Waals surface area contributed by atoms with Crippen molar-refractivity contribution in [3.05, 3.63) is 112 Å². The molecule has 0 saturated carbocycles. The SMILES string of the molecule is NS(=O)(=O)c1ccc(/C=C\CN2CCC(=C3c4ccccc4C=Cc4ccccc43)CC2)cc1. The molecule has 2 N–H and O–H groups in total. The van der Waals surface area contributed by atoms with Gasteiger partial charge in [0.25, 0.3) is 0 Å². The normalized spacial score (nSPS) is 16.4. The first-order chi connectivity index (χ1) is 16.5. The molecule has 1 aliphatic heterocycles. The lowest BCUT2D eigenvalue weighted by Gasteiger charge is -2.29. The van der Waals surface area contributed by atoms with Gasteiger partial charge in [-0.25, -0.2) is 13.6 Å². The molecule has 0 aromatic heterocycles. The zero-order chi connectivity index (χ0) is 23.5. The summed E-state index contributed by atoms with van der Waals surface area (Å²) in [5.74, 6) is 0. The number of fused-ring (bicyclic) bond motifs is 2. The van der Waals surface area contributed by atoms with Crippen molar-refractivity contribution in [1.82, 2.24) is 4.90 Å². The van der Waals surface area contributed by atoms with E-state index in [0.717, 1.165) is 38.0 Å². The summed E-state index contributed by atoms with van der Waals surface area (Å²) in [4.78, 5) is 2.60. The van der Waals surface area contributed by atoms with Gasteiger partial charge in [0.1, 0.15) is 0 Å². The predicted octanol–water partition coefficient (Wildman–Crippen LogP) is 5.43. The first-order valence-corrected chi connectivity index (χ1v) is 13.1. The van der Waals surface area contributed by atoms with E-state index in [4.69, 9.17) is 5.14 Å². The monoisotopic (exact) mass is 468 g/mol. The van der Waals surface area contributed by atoms with E-state index in [1.165, 1.54) is 33.4 Å². The van der Waals surface area contributed by atoms with Gasteiger partial charge < -0.3 is 0 Å². The second kappa shape index (κ2) is 9.55. The third-order valence-electron chi connectivity index (χ3n) is 6.60. The minimum Gasteiger partial charge on any atom is -0.299 e. The molecule has 3 aromatic rings. The number of benzene rings is 3. The quantitative estimate of drug-likeness (QED) is 0.434. The molecule has 34 heavy (non-hydrogen) atoms. The second-order valence-electron chi connectivity index (χ2n) is 8.80. The lowest BCUT2D eigenvalue weighted by molar-refractivity contribution is 0.284. The van der Waals surface area contributed by atoms with Crippen molar-refractivity contribution in [3.63, 3.8) is 0 Å². The van der Waals surface area contributed by atoms with Gasteiger partial charge in [0.05, 0.1) is 4.90 Å². The van der Waals surface area contributed by atoms with E-state index >= 15 is 0 Å². The van der Waals surface area contributed by atoms with Crippen LogP contribution in [0, 0.1) is 0 Å². The Labute approximate surface area is 201 Å². The Bertz CT molecular complexity index is 1340. The van der Waals surface area contributed by atoms with Crippen LogP contribution in [0.1, 0.15) is 40.7 Å². The van der Waals surface area contributed by atoms with Crippen LogP contribution in [-0.2, 0) is 10.0 Å². The number of nitrogens with two attached hydrogens (primary N) is 1. The van der Waals surface area contributed by atoms with Crippen molar-refractivity contribution in [2.45, 2.75) is 17.7 Å². The van der Waals surface area contributed by atoms with Gasteiger partial charge in [-0.15, -0.1) is 0 Å². The zero-order valence-electron chi connectivity index (χ0n) is 19.0. The van der Waals surface area contributed by atoms with Crippen LogP contribution in [0.15, 0.2) is 89.3 Å². The molecule has 4 nitrogen and oxygen atoms in total. The van der Waals surface area contributed by atoms with Gasteiger partial charge in [-0.1, -0.05) is 90.5 Å². The maximum atomic E-state index is 11.4. The summed E-state index contributed by atoms with van der Waals surface area (Å²) >= 11 is 0. The summed E-state index contributed by atoms with van der Waals surface area (Å²) in [7, 11) is -3.65. The van der Waals surface area contributed by atoms with Crippen LogP contribution in [0.2, 0.25) is 0 Å². The first-order valence-electron chi connectivity index (χ1n) is 11.6. The molecule has 0 bridgehead atoms. The largest absolute Gasteiger partial charge is 0.299 e. The van der Waals surface area contributed by atoms with Crippen molar-refractivity contribution in [2.75, 3.05) is 19.6 Å². The van der Waals surface area contributed by atoms with Gasteiger partial charge in [0.2, 0.25) is 10.0 Å². The topological polar surface area (TPSA) is 63.4 Å². The Morgan fingerprint density at radius 2 is 1.35 bits per heavy atom. The number of rotatable bonds is 4. The molecular formula is C29H28N2O2S. The molecule has 0 atom stereocenters. The number of hydrogen-bond donors (Lipinski definition) is 1. The van der Waals surface area contributed by atoms with Crippen molar-refractivity contribution in [3.8, 4) is 0 Å². The maximum absolute atomic E-state index is 11.4. The highest BCUT2D eigenvalue weighted by atomic mass is 32.2. The minimum absolute atomic E-state index is 0.137. The van der Waals surface area contributed by atoms with Crippen LogP contribution in [-0.4, -0.2) is 33.0 Å². The molecule has 5 rings (SSSR count). The molecule has 5 heteroatoms. The smallest absolute Gasteiger partial charge is 0.238 e. The fourth-order valence-electron chi connectivity index (χ4n) is 4.81. The summed E-state index contributed by atoms with van der Waals surface area (Å²) in [6.45, 7) is 2.91. The second-order valence-corrected chi connectivity index (χ2v) is 10.4. The van der Waals surface area contributed by atoms with Gasteiger partial charge in [-0.3, -0.25) is 4.90 Å². The van der Waals surface area contributed by atoms with Gasteiger partial charge >= 0.3 is 0 Å². The fourth-order valence-corrected chi connectivity index (χ4v) is 5.32. The molecule has 1 fully saturated rings. The average Bonchev–Trinajstić information content (AvgIpc) is 3.01. The third kappa shape index (κ3) is 4.82. The predicted molar refractivity (Wildman–Crippen MR) is 140 cm³/mol. The van der Waals surface area contributed by atoms with Crippen molar-refractivity contribution in [2.24, 2.45) is 5.14 Å². The van der Waals surface area contributed by atoms with E-state index < -0.39 is 10.0 Å². The lowest BCUT2D eigenvalue weighted by Crippen LogP contribution is -2.31. The molecular weight excluding hydrogens is 440 g/mol. The van der Waals surface area contributed by atoms with Crippen LogP contribution in [0.5, 0.6) is 0 Å². The molecule has 0 amide bonds. The molecule has 172 valence electrons. The highest BCUT2D eigenvalue weighted by molar-refractivity contribution is 7.89. The number of sulfonamides is 1. The number of likely N-dealkylation sites (tertiary alicyclic amines) is 1. The molecule has 1 saturated heterocycles. The maximum Gasteiger partial charge on any atom is 0.238 e. The number of hydrogen-bond acceptors (Lipinski definition) is 3. The minimum atomic E-state index is -3.65. The Morgan fingerprint density at radius 1 is 0.794 bits per heavy atom. The molecule has 0 radical (unpaired) electrons. The third-order valence-corrected chi connectivity index (χ3v) is 7.53. The molecule has 1 heterocycles. The summed E-state index contributed by atoms with van der Waals surface area (Å²) in [6.07, 6.45) is 10.7. The van der Waals surface area contributed by atoms with Gasteiger partial charge in [-0.05, 0) is 58.4 Å². The van der Waals surface area contributed by atoms with E-state index in [1.54, 1.807) is 24.3 Å². The van der Waals surface area contributed by atoms with E-state index in [2.05, 4.69) is 71.7 Å². The number of piperidine rings is 1. The van der Waals surface area contributed by atoms with Gasteiger partial charge in [-0.2, -0.15) is 0 Å². The van der Waals surface area contributed by atoms with E-state index in [-0.39, 0.29) is 4.90 Å². The fraction of sp³-hybridized carbons (Fsp3) is 0.172. The molecule has 1 aliphatic carbocycles. The first kappa shape index (κ1) is 22.5. The van der Waals surface area contributed by atoms with Crippen LogP contribution in [0.25, 0.3) is 23.8 Å². The molecule has 3 aromatic carbocycles. The Morgan fingerprint density at radius 3 is 1.91 bits per heavy atom. The van der Waals surface area contributed by atoms with E-state index in [1.807, 2.05) is 6.08 Å². The highest BCUT2D eigenvalue weighted by Gasteiger charge is 2.22. The average molecular weight is 469 g/mol. The van der Waals surface area contributed by atoms with Crippen LogP contribution in [0.3, 0.4) is 0 Å². The summed E-state index contributed by atoms with van der Waals surface area (Å²) < 4.78 is 22.8. The van der Waals surface area contributed by atoms with E-state index in [0.29, 0.717) is 0 Å². The van der Waals surface area contributed by atoms with Crippen LogP contribution in [0.4, 0.5) is 0 Å². The summed E-state index contributed by atoms with van der Waals surface area (Å²) in [5.41, 5.74) is 9.11. The highest BCUT2D eigenvalue weighted by Crippen LogP contribution is 2.38. The molecule has 2 aliphatic rings. The molecule has 0 spiro atoms. The Kier molecular flexibility index (Phi) is 6.33. The summed E-state index contributed by atoms with van der Waals surface area (Å²) in [5, 5.41) is 5.17. The van der Waals surface area contributed by atoms with Crippen molar-refractivity contribution in [1.29, 1.82) is 0 Å². The Hall–Kier alpha value is -3.25. The zero-order valence-corrected chi connectivity index (χ0v) is 19.8. The summed E-state index contributed by atoms with van der Waals surface area (Å²) in [6, 6.07) is 24.1. The van der Waals surface area contributed by atoms with Crippen molar-refractivity contribution >= 4 is 33.8 Å². The van der Waals surface area contributed by atoms with E-state index in [9.17, 15) is 8.42 Å². The van der Waals surface area contributed by atoms with Crippen LogP contribution < -0.4 is 5.14 Å². The van der Waals surface area contributed by atoms with Gasteiger partial charge in [0, 0.05) is 19.6 Å².